The highest BCUT2D eigenvalue weighted by molar-refractivity contribution is 4.67. The van der Waals surface area contributed by atoms with Crippen LogP contribution in [0.1, 0.15) is 155 Å². The quantitative estimate of drug-likeness (QED) is 0.283. The molecule has 0 amide bonds. The van der Waals surface area contributed by atoms with Gasteiger partial charge in [-0.25, -0.2) is 0 Å². The van der Waals surface area contributed by atoms with E-state index in [1.807, 2.05) is 6.92 Å². The van der Waals surface area contributed by atoms with Gasteiger partial charge < -0.3 is 18.9 Å². The second kappa shape index (κ2) is 24.2. The largest absolute Gasteiger partial charge is 0.378 e. The molecule has 2 aliphatic carbocycles. The van der Waals surface area contributed by atoms with Crippen molar-refractivity contribution in [3.8, 4) is 0 Å². The van der Waals surface area contributed by atoms with Crippen LogP contribution in [0.3, 0.4) is 0 Å². The Morgan fingerprint density at radius 1 is 0.317 bits per heavy atom. The van der Waals surface area contributed by atoms with Crippen LogP contribution >= 0.6 is 0 Å². The Hall–Kier alpha value is -0.160. The van der Waals surface area contributed by atoms with Crippen LogP contribution in [0.2, 0.25) is 0 Å². The highest BCUT2D eigenvalue weighted by Gasteiger charge is 2.16. The molecule has 0 aromatic carbocycles. The smallest absolute Gasteiger partial charge is 0.154 e. The fourth-order valence-electron chi connectivity index (χ4n) is 5.58. The first-order valence-corrected chi connectivity index (χ1v) is 17.4. The summed E-state index contributed by atoms with van der Waals surface area (Å²) < 4.78 is 21.1. The van der Waals surface area contributed by atoms with Gasteiger partial charge in [-0.3, -0.25) is 0 Å². The van der Waals surface area contributed by atoms with Crippen LogP contribution in [0.4, 0.5) is 0 Å². The maximum Gasteiger partial charge on any atom is 0.154 e. The molecule has 0 radical (unpaired) electrons. The molecule has 2 saturated carbocycles. The standard InChI is InChI=1S/2C8H16.2C7H14O.C6H12O2.CH4.H2/c2*1-7-3-5-8(2)6-4-7;2*1-6-3-4-7(2)8-5-6;1-5-3-7-6(2)8-4-5;;/h2*7-8H,3-6H2,1-2H3;2*6-7H,3-5H2,1-2H3;5-6H,3-4H2,1-2H3;1H4;1H. The van der Waals surface area contributed by atoms with Gasteiger partial charge in [0.1, 0.15) is 0 Å². The normalized spacial score (nSPS) is 38.8. The van der Waals surface area contributed by atoms with Crippen LogP contribution in [0.25, 0.3) is 0 Å². The van der Waals surface area contributed by atoms with Crippen LogP contribution in [0, 0.1) is 41.4 Å². The average Bonchev–Trinajstić information content (AvgIpc) is 2.94. The molecule has 3 aliphatic heterocycles. The molecular weight excluding hydrogens is 508 g/mol. The molecule has 5 fully saturated rings. The van der Waals surface area contributed by atoms with Crippen molar-refractivity contribution in [1.82, 2.24) is 0 Å². The fourth-order valence-corrected chi connectivity index (χ4v) is 5.58. The molecule has 4 unspecified atom stereocenters. The van der Waals surface area contributed by atoms with E-state index < -0.39 is 0 Å². The van der Waals surface area contributed by atoms with Gasteiger partial charge in [0.2, 0.25) is 0 Å². The molecule has 0 aromatic heterocycles. The van der Waals surface area contributed by atoms with Crippen LogP contribution in [0.15, 0.2) is 0 Å². The third kappa shape index (κ3) is 23.0. The maximum atomic E-state index is 5.39. The van der Waals surface area contributed by atoms with Gasteiger partial charge in [-0.1, -0.05) is 107 Å². The van der Waals surface area contributed by atoms with Crippen molar-refractivity contribution in [1.29, 1.82) is 0 Å². The lowest BCUT2D eigenvalue weighted by Crippen LogP contribution is -2.27. The van der Waals surface area contributed by atoms with Crippen molar-refractivity contribution in [3.05, 3.63) is 0 Å². The zero-order valence-electron chi connectivity index (χ0n) is 28.7. The summed E-state index contributed by atoms with van der Waals surface area (Å²) in [5, 5.41) is 0. The van der Waals surface area contributed by atoms with Crippen LogP contribution in [-0.4, -0.2) is 44.9 Å². The SMILES string of the molecule is C.CC1CCC(C)CC1.CC1CCC(C)CC1.CC1CCC(C)OC1.CC1CCC(C)OC1.CC1COC(C)OC1.[HH]. The predicted molar refractivity (Wildman–Crippen MR) is 181 cm³/mol. The lowest BCUT2D eigenvalue weighted by atomic mass is 9.84. The van der Waals surface area contributed by atoms with Gasteiger partial charge >= 0.3 is 0 Å². The molecule has 4 atom stereocenters. The summed E-state index contributed by atoms with van der Waals surface area (Å²) >= 11 is 0. The third-order valence-corrected chi connectivity index (χ3v) is 9.30. The first-order valence-electron chi connectivity index (χ1n) is 17.4. The van der Waals surface area contributed by atoms with Crippen LogP contribution < -0.4 is 0 Å². The third-order valence-electron chi connectivity index (χ3n) is 9.30. The number of hydrogen-bond donors (Lipinski definition) is 0. The van der Waals surface area contributed by atoms with Gasteiger partial charge in [-0.15, -0.1) is 0 Å². The van der Waals surface area contributed by atoms with Gasteiger partial charge in [0.25, 0.3) is 0 Å². The topological polar surface area (TPSA) is 36.9 Å². The molecule has 0 spiro atoms. The lowest BCUT2D eigenvalue weighted by Gasteiger charge is -2.24. The number of ether oxygens (including phenoxy) is 4. The molecule has 250 valence electrons. The highest BCUT2D eigenvalue weighted by Crippen LogP contribution is 2.28. The van der Waals surface area contributed by atoms with Gasteiger partial charge in [0, 0.05) is 20.6 Å². The van der Waals surface area contributed by atoms with Gasteiger partial charge in [-0.2, -0.15) is 0 Å². The summed E-state index contributed by atoms with van der Waals surface area (Å²) in [6.45, 7) is 25.9. The molecule has 3 saturated heterocycles. The minimum absolute atomic E-state index is 0. The highest BCUT2D eigenvalue weighted by atomic mass is 16.7. The summed E-state index contributed by atoms with van der Waals surface area (Å²) in [4.78, 5) is 0. The Labute approximate surface area is 260 Å². The van der Waals surface area contributed by atoms with E-state index >= 15 is 0 Å². The Bertz CT molecular complexity index is 384. The summed E-state index contributed by atoms with van der Waals surface area (Å²) in [6, 6.07) is 0. The van der Waals surface area contributed by atoms with E-state index in [0.29, 0.717) is 18.1 Å². The predicted octanol–water partition coefficient (Wildman–Crippen LogP) is 11.2. The summed E-state index contributed by atoms with van der Waals surface area (Å²) in [6.07, 6.45) is 18.0. The summed E-state index contributed by atoms with van der Waals surface area (Å²) in [7, 11) is 0. The van der Waals surface area contributed by atoms with E-state index in [4.69, 9.17) is 18.9 Å². The zero-order valence-corrected chi connectivity index (χ0v) is 28.7. The van der Waals surface area contributed by atoms with Gasteiger partial charge in [0.15, 0.2) is 6.29 Å². The minimum atomic E-state index is 0. The molecule has 5 rings (SSSR count). The van der Waals surface area contributed by atoms with Gasteiger partial charge in [0.05, 0.1) is 25.4 Å². The van der Waals surface area contributed by atoms with E-state index in [1.54, 1.807) is 0 Å². The van der Waals surface area contributed by atoms with Crippen molar-refractivity contribution in [2.24, 2.45) is 41.4 Å². The zero-order chi connectivity index (χ0) is 29.9. The lowest BCUT2D eigenvalue weighted by molar-refractivity contribution is -0.187. The fraction of sp³-hybridized carbons (Fsp3) is 1.00. The van der Waals surface area contributed by atoms with Crippen LogP contribution in [-0.2, 0) is 18.9 Å². The molecule has 4 nitrogen and oxygen atoms in total. The van der Waals surface area contributed by atoms with Crippen molar-refractivity contribution in [2.45, 2.75) is 172 Å². The van der Waals surface area contributed by atoms with Crippen molar-refractivity contribution in [3.63, 3.8) is 0 Å². The summed E-state index contributed by atoms with van der Waals surface area (Å²) in [5.74, 6) is 6.25. The number of rotatable bonds is 0. The monoisotopic (exact) mass is 587 g/mol. The molecule has 4 heteroatoms. The Morgan fingerprint density at radius 2 is 0.561 bits per heavy atom. The Balaban J connectivity index is 0. The first-order chi connectivity index (χ1) is 18.9. The van der Waals surface area contributed by atoms with E-state index in [-0.39, 0.29) is 15.1 Å². The van der Waals surface area contributed by atoms with E-state index in [9.17, 15) is 0 Å². The van der Waals surface area contributed by atoms with Crippen LogP contribution in [0.5, 0.6) is 0 Å². The maximum absolute atomic E-state index is 5.39. The molecule has 0 bridgehead atoms. The van der Waals surface area contributed by atoms with Gasteiger partial charge in [-0.05, 0) is 82.0 Å². The average molecular weight is 587 g/mol. The van der Waals surface area contributed by atoms with E-state index in [0.717, 1.165) is 61.9 Å². The van der Waals surface area contributed by atoms with Crippen molar-refractivity contribution < 1.29 is 20.4 Å². The Kier molecular flexibility index (Phi) is 24.1. The van der Waals surface area contributed by atoms with Crippen molar-refractivity contribution >= 4 is 0 Å². The molecule has 41 heavy (non-hydrogen) atoms. The molecular formula is C37H78O4. The number of hydrogen-bond acceptors (Lipinski definition) is 4. The molecule has 0 N–H and O–H groups in total. The molecule has 3 heterocycles. The Morgan fingerprint density at radius 3 is 0.756 bits per heavy atom. The molecule has 5 aliphatic rings. The second-order valence-electron chi connectivity index (χ2n) is 14.7. The van der Waals surface area contributed by atoms with E-state index in [1.165, 1.54) is 77.0 Å². The van der Waals surface area contributed by atoms with Crippen molar-refractivity contribution in [2.75, 3.05) is 26.4 Å². The second-order valence-corrected chi connectivity index (χ2v) is 14.7. The first kappa shape index (κ1) is 40.8. The minimum Gasteiger partial charge on any atom is -0.378 e. The van der Waals surface area contributed by atoms with E-state index in [2.05, 4.69) is 62.3 Å². The summed E-state index contributed by atoms with van der Waals surface area (Å²) in [5.41, 5.74) is 0. The molecule has 0 aromatic rings.